The SMILES string of the molecule is CC(C)(C)OC(=O)N1CCC(O[Si](c2ccccc2)(c2ccccc2)C(C)(C)C)CC[C@H]1CO. The molecule has 2 atom stereocenters. The Kier molecular flexibility index (Phi) is 8.27. The highest BCUT2D eigenvalue weighted by Gasteiger charge is 2.51. The lowest BCUT2D eigenvalue weighted by Crippen LogP contribution is -2.67. The van der Waals surface area contributed by atoms with Crippen molar-refractivity contribution >= 4 is 24.8 Å². The Morgan fingerprint density at radius 3 is 1.88 bits per heavy atom. The maximum Gasteiger partial charge on any atom is 0.410 e. The van der Waals surface area contributed by atoms with Crippen LogP contribution in [0, 0.1) is 0 Å². The van der Waals surface area contributed by atoms with Gasteiger partial charge in [0.2, 0.25) is 0 Å². The van der Waals surface area contributed by atoms with Crippen molar-refractivity contribution in [2.45, 2.75) is 83.6 Å². The van der Waals surface area contributed by atoms with Crippen molar-refractivity contribution in [1.82, 2.24) is 4.90 Å². The summed E-state index contributed by atoms with van der Waals surface area (Å²) in [6.07, 6.45) is 1.79. The molecule has 0 radical (unpaired) electrons. The normalized spacial score (nSPS) is 20.0. The molecule has 3 rings (SSSR count). The second kappa shape index (κ2) is 10.6. The van der Waals surface area contributed by atoms with Crippen LogP contribution in [0.2, 0.25) is 5.04 Å². The molecule has 1 unspecified atom stereocenters. The summed E-state index contributed by atoms with van der Waals surface area (Å²) in [5.74, 6) is 0. The molecule has 1 N–H and O–H groups in total. The van der Waals surface area contributed by atoms with E-state index in [0.29, 0.717) is 19.4 Å². The van der Waals surface area contributed by atoms with Gasteiger partial charge in [-0.2, -0.15) is 0 Å². The lowest BCUT2D eigenvalue weighted by Gasteiger charge is -2.45. The second-order valence-corrected chi connectivity index (χ2v) is 15.5. The van der Waals surface area contributed by atoms with Gasteiger partial charge in [0, 0.05) is 12.6 Å². The number of hydrogen-bond donors (Lipinski definition) is 1. The van der Waals surface area contributed by atoms with Crippen LogP contribution >= 0.6 is 0 Å². The zero-order valence-electron chi connectivity index (χ0n) is 21.6. The molecule has 5 nitrogen and oxygen atoms in total. The van der Waals surface area contributed by atoms with E-state index < -0.39 is 13.9 Å². The van der Waals surface area contributed by atoms with Crippen molar-refractivity contribution in [3.8, 4) is 0 Å². The van der Waals surface area contributed by atoms with Crippen LogP contribution in [0.15, 0.2) is 60.7 Å². The van der Waals surface area contributed by atoms with Crippen molar-refractivity contribution in [1.29, 1.82) is 0 Å². The van der Waals surface area contributed by atoms with Gasteiger partial charge in [0.25, 0.3) is 8.32 Å². The highest BCUT2D eigenvalue weighted by Crippen LogP contribution is 2.39. The molecule has 1 heterocycles. The summed E-state index contributed by atoms with van der Waals surface area (Å²) in [6, 6.07) is 21.0. The summed E-state index contributed by atoms with van der Waals surface area (Å²) in [6.45, 7) is 12.9. The monoisotopic (exact) mass is 483 g/mol. The first-order valence-electron chi connectivity index (χ1n) is 12.4. The first-order chi connectivity index (χ1) is 16.0. The third-order valence-electron chi connectivity index (χ3n) is 6.55. The number of nitrogens with zero attached hydrogens (tertiary/aromatic N) is 1. The van der Waals surface area contributed by atoms with Gasteiger partial charge < -0.3 is 19.2 Å². The van der Waals surface area contributed by atoms with Crippen molar-refractivity contribution in [3.63, 3.8) is 0 Å². The Morgan fingerprint density at radius 1 is 0.912 bits per heavy atom. The zero-order valence-corrected chi connectivity index (χ0v) is 22.6. The Balaban J connectivity index is 1.95. The zero-order chi connectivity index (χ0) is 25.0. The van der Waals surface area contributed by atoms with Gasteiger partial charge in [-0.15, -0.1) is 0 Å². The van der Waals surface area contributed by atoms with E-state index in [1.165, 1.54) is 10.4 Å². The summed E-state index contributed by atoms with van der Waals surface area (Å²) in [7, 11) is -2.68. The lowest BCUT2D eigenvalue weighted by molar-refractivity contribution is 0.00982. The fraction of sp³-hybridized carbons (Fsp3) is 0.536. The molecular formula is C28H41NO4Si. The first kappa shape index (κ1) is 26.5. The predicted octanol–water partition coefficient (Wildman–Crippen LogP) is 4.71. The molecule has 1 aliphatic heterocycles. The van der Waals surface area contributed by atoms with E-state index in [2.05, 4.69) is 69.3 Å². The summed E-state index contributed by atoms with van der Waals surface area (Å²) in [5.41, 5.74) is -0.575. The smallest absolute Gasteiger partial charge is 0.410 e. The van der Waals surface area contributed by atoms with E-state index in [-0.39, 0.29) is 29.9 Å². The van der Waals surface area contributed by atoms with Crippen LogP contribution in [-0.4, -0.2) is 55.3 Å². The van der Waals surface area contributed by atoms with Crippen LogP contribution in [0.25, 0.3) is 0 Å². The largest absolute Gasteiger partial charge is 0.444 e. The van der Waals surface area contributed by atoms with Crippen molar-refractivity contribution in [2.24, 2.45) is 0 Å². The summed E-state index contributed by atoms with van der Waals surface area (Å²) in [5, 5.41) is 12.4. The summed E-state index contributed by atoms with van der Waals surface area (Å²) >= 11 is 0. The molecule has 0 aliphatic carbocycles. The first-order valence-corrected chi connectivity index (χ1v) is 14.3. The number of rotatable bonds is 5. The Morgan fingerprint density at radius 2 is 1.44 bits per heavy atom. The number of benzene rings is 2. The topological polar surface area (TPSA) is 59.0 Å². The average molecular weight is 484 g/mol. The molecule has 0 spiro atoms. The number of carbonyl (C=O) groups is 1. The fourth-order valence-corrected chi connectivity index (χ4v) is 9.70. The van der Waals surface area contributed by atoms with E-state index in [9.17, 15) is 9.90 Å². The van der Waals surface area contributed by atoms with Gasteiger partial charge in [-0.3, -0.25) is 0 Å². The highest BCUT2D eigenvalue weighted by atomic mass is 28.4. The third kappa shape index (κ3) is 5.91. The quantitative estimate of drug-likeness (QED) is 0.626. The Labute approximate surface area is 206 Å². The molecule has 1 saturated heterocycles. The van der Waals surface area contributed by atoms with Crippen LogP contribution in [0.3, 0.4) is 0 Å². The molecule has 1 amide bonds. The van der Waals surface area contributed by atoms with Gasteiger partial charge in [-0.25, -0.2) is 4.79 Å². The number of ether oxygens (including phenoxy) is 1. The molecule has 6 heteroatoms. The minimum atomic E-state index is -2.68. The summed E-state index contributed by atoms with van der Waals surface area (Å²) < 4.78 is 12.9. The van der Waals surface area contributed by atoms with Gasteiger partial charge in [0.05, 0.1) is 12.6 Å². The van der Waals surface area contributed by atoms with E-state index in [4.69, 9.17) is 9.16 Å². The molecule has 2 aromatic carbocycles. The van der Waals surface area contributed by atoms with Gasteiger partial charge in [-0.05, 0) is 55.4 Å². The minimum absolute atomic E-state index is 0.0206. The maximum absolute atomic E-state index is 12.9. The number of carbonyl (C=O) groups excluding carboxylic acids is 1. The van der Waals surface area contributed by atoms with Gasteiger partial charge in [-0.1, -0.05) is 81.4 Å². The molecule has 186 valence electrons. The van der Waals surface area contributed by atoms with Gasteiger partial charge >= 0.3 is 6.09 Å². The number of hydrogen-bond acceptors (Lipinski definition) is 4. The molecule has 2 aromatic rings. The third-order valence-corrected chi connectivity index (χ3v) is 11.6. The molecule has 1 fully saturated rings. The van der Waals surface area contributed by atoms with Crippen molar-refractivity contribution in [3.05, 3.63) is 60.7 Å². The van der Waals surface area contributed by atoms with E-state index in [1.807, 2.05) is 32.9 Å². The molecular weight excluding hydrogens is 442 g/mol. The van der Waals surface area contributed by atoms with Crippen LogP contribution < -0.4 is 10.4 Å². The number of aliphatic hydroxyl groups is 1. The van der Waals surface area contributed by atoms with Crippen LogP contribution in [0.1, 0.15) is 60.8 Å². The molecule has 1 aliphatic rings. The van der Waals surface area contributed by atoms with Gasteiger partial charge in [0.15, 0.2) is 0 Å². The Bertz CT molecular complexity index is 881. The molecule has 0 bridgehead atoms. The van der Waals surface area contributed by atoms with Crippen LogP contribution in [0.4, 0.5) is 4.79 Å². The van der Waals surface area contributed by atoms with E-state index in [1.54, 1.807) is 4.90 Å². The lowest BCUT2D eigenvalue weighted by atomic mass is 10.1. The standard InChI is InChI=1S/C28H41NO4Si/c1-27(2,3)32-26(31)29-20-19-23(18-17-22(29)21-30)33-34(28(4,5)6,24-13-9-7-10-14-24)25-15-11-8-12-16-25/h7-16,22-23,30H,17-21H2,1-6H3/t22-,23?/m0/s1. The highest BCUT2D eigenvalue weighted by molar-refractivity contribution is 6.99. The molecule has 0 aromatic heterocycles. The van der Waals surface area contributed by atoms with E-state index >= 15 is 0 Å². The number of aliphatic hydroxyl groups excluding tert-OH is 1. The summed E-state index contributed by atoms with van der Waals surface area (Å²) in [4.78, 5) is 14.6. The average Bonchev–Trinajstić information content (AvgIpc) is 2.98. The van der Waals surface area contributed by atoms with Crippen molar-refractivity contribution in [2.75, 3.05) is 13.2 Å². The molecule has 34 heavy (non-hydrogen) atoms. The van der Waals surface area contributed by atoms with Gasteiger partial charge in [0.1, 0.15) is 5.60 Å². The fourth-order valence-electron chi connectivity index (χ4n) is 4.95. The second-order valence-electron chi connectivity index (χ2n) is 11.3. The van der Waals surface area contributed by atoms with Crippen LogP contribution in [0.5, 0.6) is 0 Å². The minimum Gasteiger partial charge on any atom is -0.444 e. The van der Waals surface area contributed by atoms with Crippen LogP contribution in [-0.2, 0) is 9.16 Å². The molecule has 0 saturated carbocycles. The van der Waals surface area contributed by atoms with Crippen molar-refractivity contribution < 1.29 is 19.1 Å². The number of likely N-dealkylation sites (tertiary alicyclic amines) is 1. The maximum atomic E-state index is 12.9. The van der Waals surface area contributed by atoms with E-state index in [0.717, 1.165) is 6.42 Å². The predicted molar refractivity (Wildman–Crippen MR) is 140 cm³/mol. The number of amides is 1. The Hall–Kier alpha value is -2.15.